The van der Waals surface area contributed by atoms with Crippen molar-refractivity contribution in [3.05, 3.63) is 64.7 Å². The standard InChI is InChI=1S/C19H18ClN3O4/c1-19(17(25)22-18(26)23-19)13-6-4-7-14(9-13)21-16(24)11-27-10-12-5-2-3-8-15(12)20/h2-9H,10-11H2,1H3,(H,21,24)(H2,22,23,25,26)/t19-/m1/s1. The number of nitrogens with one attached hydrogen (secondary N) is 3. The van der Waals surface area contributed by atoms with Gasteiger partial charge in [0.15, 0.2) is 0 Å². The van der Waals surface area contributed by atoms with Crippen LogP contribution in [0.15, 0.2) is 48.5 Å². The molecule has 0 bridgehead atoms. The summed E-state index contributed by atoms with van der Waals surface area (Å²) in [7, 11) is 0. The molecule has 27 heavy (non-hydrogen) atoms. The second-order valence-corrected chi connectivity index (χ2v) is 6.65. The normalized spacial score (nSPS) is 18.7. The Labute approximate surface area is 161 Å². The number of hydrogen-bond acceptors (Lipinski definition) is 4. The van der Waals surface area contributed by atoms with Gasteiger partial charge in [0, 0.05) is 10.7 Å². The molecular formula is C19H18ClN3O4. The molecule has 1 fully saturated rings. The fourth-order valence-electron chi connectivity index (χ4n) is 2.72. The molecule has 2 aromatic carbocycles. The molecule has 0 aromatic heterocycles. The minimum Gasteiger partial charge on any atom is -0.367 e. The van der Waals surface area contributed by atoms with Gasteiger partial charge in [0.25, 0.3) is 5.91 Å². The van der Waals surface area contributed by atoms with Gasteiger partial charge >= 0.3 is 6.03 Å². The Morgan fingerprint density at radius 1 is 1.19 bits per heavy atom. The maximum Gasteiger partial charge on any atom is 0.322 e. The van der Waals surface area contributed by atoms with Crippen LogP contribution in [-0.4, -0.2) is 24.5 Å². The van der Waals surface area contributed by atoms with Crippen molar-refractivity contribution in [2.75, 3.05) is 11.9 Å². The first-order valence-corrected chi connectivity index (χ1v) is 8.61. The highest BCUT2D eigenvalue weighted by Crippen LogP contribution is 2.26. The summed E-state index contributed by atoms with van der Waals surface area (Å²) in [5.74, 6) is -0.789. The molecule has 1 aliphatic heterocycles. The first-order chi connectivity index (χ1) is 12.9. The number of ether oxygens (including phenoxy) is 1. The van der Waals surface area contributed by atoms with Crippen LogP contribution in [0.4, 0.5) is 10.5 Å². The SMILES string of the molecule is C[C@]1(c2cccc(NC(=O)COCc3ccccc3Cl)c2)NC(=O)NC1=O. The summed E-state index contributed by atoms with van der Waals surface area (Å²) in [5.41, 5.74) is 0.665. The van der Waals surface area contributed by atoms with Crippen LogP contribution in [0.1, 0.15) is 18.1 Å². The van der Waals surface area contributed by atoms with Crippen molar-refractivity contribution < 1.29 is 19.1 Å². The molecule has 0 aliphatic carbocycles. The first-order valence-electron chi connectivity index (χ1n) is 8.23. The summed E-state index contributed by atoms with van der Waals surface area (Å²) in [5, 5.41) is 8.08. The van der Waals surface area contributed by atoms with Crippen molar-refractivity contribution in [3.8, 4) is 0 Å². The Hall–Kier alpha value is -2.90. The van der Waals surface area contributed by atoms with E-state index in [2.05, 4.69) is 16.0 Å². The van der Waals surface area contributed by atoms with Gasteiger partial charge in [0.1, 0.15) is 12.1 Å². The minimum absolute atomic E-state index is 0.149. The molecule has 1 aliphatic rings. The van der Waals surface area contributed by atoms with E-state index in [1.807, 2.05) is 18.2 Å². The molecular weight excluding hydrogens is 370 g/mol. The fourth-order valence-corrected chi connectivity index (χ4v) is 2.91. The zero-order chi connectivity index (χ0) is 19.4. The largest absolute Gasteiger partial charge is 0.367 e. The number of amides is 4. The molecule has 4 amide bonds. The Kier molecular flexibility index (Phi) is 5.43. The molecule has 3 rings (SSSR count). The Bertz CT molecular complexity index is 902. The van der Waals surface area contributed by atoms with Gasteiger partial charge in [-0.15, -0.1) is 0 Å². The van der Waals surface area contributed by atoms with Crippen LogP contribution < -0.4 is 16.0 Å². The Morgan fingerprint density at radius 2 is 1.96 bits per heavy atom. The maximum absolute atomic E-state index is 12.1. The number of halogens is 1. The molecule has 2 aromatic rings. The van der Waals surface area contributed by atoms with Gasteiger partial charge in [0.2, 0.25) is 5.91 Å². The number of imide groups is 1. The van der Waals surface area contributed by atoms with Gasteiger partial charge in [-0.3, -0.25) is 14.9 Å². The van der Waals surface area contributed by atoms with Gasteiger partial charge in [-0.1, -0.05) is 41.9 Å². The van der Waals surface area contributed by atoms with Crippen molar-refractivity contribution >= 4 is 35.1 Å². The third-order valence-corrected chi connectivity index (χ3v) is 4.59. The average molecular weight is 388 g/mol. The molecule has 0 radical (unpaired) electrons. The summed E-state index contributed by atoms with van der Waals surface area (Å²) in [6.45, 7) is 1.67. The number of benzene rings is 2. The zero-order valence-corrected chi connectivity index (χ0v) is 15.3. The Balaban J connectivity index is 1.59. The van der Waals surface area contributed by atoms with Gasteiger partial charge in [-0.25, -0.2) is 4.79 Å². The third kappa shape index (κ3) is 4.27. The Morgan fingerprint density at radius 3 is 2.67 bits per heavy atom. The predicted molar refractivity (Wildman–Crippen MR) is 100 cm³/mol. The van der Waals surface area contributed by atoms with Crippen LogP contribution >= 0.6 is 11.6 Å². The van der Waals surface area contributed by atoms with Gasteiger partial charge < -0.3 is 15.4 Å². The van der Waals surface area contributed by atoms with E-state index in [0.29, 0.717) is 16.3 Å². The monoisotopic (exact) mass is 387 g/mol. The lowest BCUT2D eigenvalue weighted by molar-refractivity contribution is -0.123. The van der Waals surface area contributed by atoms with E-state index in [-0.39, 0.29) is 19.1 Å². The predicted octanol–water partition coefficient (Wildman–Crippen LogP) is 2.55. The van der Waals surface area contributed by atoms with Crippen LogP contribution in [0, 0.1) is 0 Å². The van der Waals surface area contributed by atoms with Crippen LogP contribution in [0.5, 0.6) is 0 Å². The highest BCUT2D eigenvalue weighted by molar-refractivity contribution is 6.31. The van der Waals surface area contributed by atoms with Gasteiger partial charge in [0.05, 0.1) is 6.61 Å². The molecule has 3 N–H and O–H groups in total. The zero-order valence-electron chi connectivity index (χ0n) is 14.5. The molecule has 0 spiro atoms. The quantitative estimate of drug-likeness (QED) is 0.663. The number of rotatable bonds is 6. The number of carbonyl (C=O) groups excluding carboxylic acids is 3. The maximum atomic E-state index is 12.1. The molecule has 0 saturated carbocycles. The lowest BCUT2D eigenvalue weighted by Gasteiger charge is -2.21. The van der Waals surface area contributed by atoms with Crippen molar-refractivity contribution in [1.82, 2.24) is 10.6 Å². The molecule has 0 unspecified atom stereocenters. The average Bonchev–Trinajstić information content (AvgIpc) is 2.90. The highest BCUT2D eigenvalue weighted by Gasteiger charge is 2.43. The van der Waals surface area contributed by atoms with E-state index in [9.17, 15) is 14.4 Å². The van der Waals surface area contributed by atoms with E-state index in [1.54, 1.807) is 37.3 Å². The summed E-state index contributed by atoms with van der Waals surface area (Å²) in [6, 6.07) is 13.4. The molecule has 140 valence electrons. The van der Waals surface area contributed by atoms with Crippen molar-refractivity contribution in [2.24, 2.45) is 0 Å². The molecule has 8 heteroatoms. The minimum atomic E-state index is -1.18. The van der Waals surface area contributed by atoms with Crippen molar-refractivity contribution in [3.63, 3.8) is 0 Å². The van der Waals surface area contributed by atoms with Crippen LogP contribution in [0.2, 0.25) is 5.02 Å². The molecule has 1 heterocycles. The summed E-state index contributed by atoms with van der Waals surface area (Å²) < 4.78 is 5.40. The number of anilines is 1. The highest BCUT2D eigenvalue weighted by atomic mass is 35.5. The smallest absolute Gasteiger partial charge is 0.322 e. The van der Waals surface area contributed by atoms with E-state index >= 15 is 0 Å². The number of carbonyl (C=O) groups is 3. The summed E-state index contributed by atoms with van der Waals surface area (Å²) >= 11 is 6.04. The third-order valence-electron chi connectivity index (χ3n) is 4.22. The fraction of sp³-hybridized carbons (Fsp3) is 0.211. The van der Waals surface area contributed by atoms with Crippen LogP contribution in [-0.2, 0) is 26.5 Å². The van der Waals surface area contributed by atoms with E-state index in [0.717, 1.165) is 5.56 Å². The number of urea groups is 1. The molecule has 1 atom stereocenters. The summed E-state index contributed by atoms with van der Waals surface area (Å²) in [6.07, 6.45) is 0. The second kappa shape index (κ2) is 7.77. The van der Waals surface area contributed by atoms with E-state index in [1.165, 1.54) is 0 Å². The van der Waals surface area contributed by atoms with Crippen molar-refractivity contribution in [1.29, 1.82) is 0 Å². The molecule has 7 nitrogen and oxygen atoms in total. The van der Waals surface area contributed by atoms with Crippen LogP contribution in [0.25, 0.3) is 0 Å². The first kappa shape index (κ1) is 18.9. The topological polar surface area (TPSA) is 96.5 Å². The lowest BCUT2D eigenvalue weighted by atomic mass is 9.92. The number of hydrogen-bond donors (Lipinski definition) is 3. The lowest BCUT2D eigenvalue weighted by Crippen LogP contribution is -2.40. The van der Waals surface area contributed by atoms with E-state index in [4.69, 9.17) is 16.3 Å². The van der Waals surface area contributed by atoms with Gasteiger partial charge in [-0.2, -0.15) is 0 Å². The van der Waals surface area contributed by atoms with Crippen molar-refractivity contribution in [2.45, 2.75) is 19.1 Å². The molecule has 1 saturated heterocycles. The van der Waals surface area contributed by atoms with E-state index < -0.39 is 17.5 Å². The van der Waals surface area contributed by atoms with Crippen LogP contribution in [0.3, 0.4) is 0 Å². The van der Waals surface area contributed by atoms with Gasteiger partial charge in [-0.05, 0) is 36.2 Å². The second-order valence-electron chi connectivity index (χ2n) is 6.25. The summed E-state index contributed by atoms with van der Waals surface area (Å²) in [4.78, 5) is 35.6.